The predicted molar refractivity (Wildman–Crippen MR) is 113 cm³/mol. The number of halogens is 3. The number of nitrogens with zero attached hydrogens (tertiary/aromatic N) is 4. The highest BCUT2D eigenvalue weighted by molar-refractivity contribution is 5.76. The molecule has 2 aromatic heterocycles. The van der Waals surface area contributed by atoms with E-state index in [1.54, 1.807) is 10.8 Å². The molecule has 0 amide bonds. The van der Waals surface area contributed by atoms with Crippen LogP contribution in [0.1, 0.15) is 38.1 Å². The molecule has 0 spiro atoms. The van der Waals surface area contributed by atoms with Crippen molar-refractivity contribution in [3.05, 3.63) is 35.8 Å². The number of hydrogen-bond donors (Lipinski definition) is 3. The van der Waals surface area contributed by atoms with Crippen molar-refractivity contribution >= 4 is 28.7 Å². The first-order valence-corrected chi connectivity index (χ1v) is 10.7. The number of anilines is 3. The van der Waals surface area contributed by atoms with Crippen LogP contribution in [0.25, 0.3) is 11.2 Å². The molecule has 0 unspecified atom stereocenters. The van der Waals surface area contributed by atoms with Gasteiger partial charge in [-0.25, -0.2) is 23.1 Å². The summed E-state index contributed by atoms with van der Waals surface area (Å²) < 4.78 is 49.1. The van der Waals surface area contributed by atoms with E-state index in [2.05, 4.69) is 25.6 Å². The average Bonchev–Trinajstić information content (AvgIpc) is 3.39. The second kappa shape index (κ2) is 8.55. The summed E-state index contributed by atoms with van der Waals surface area (Å²) in [5, 5.41) is 6.05. The first kappa shape index (κ1) is 21.0. The first-order chi connectivity index (χ1) is 15.5. The zero-order chi connectivity index (χ0) is 22.2. The van der Waals surface area contributed by atoms with Crippen LogP contribution in [-0.4, -0.2) is 44.8 Å². The van der Waals surface area contributed by atoms with Crippen LogP contribution in [0, 0.1) is 17.5 Å². The van der Waals surface area contributed by atoms with Gasteiger partial charge >= 0.3 is 0 Å². The number of rotatable bonds is 5. The quantitative estimate of drug-likeness (QED) is 0.549. The number of nitrogens with two attached hydrogens (primary N) is 1. The maximum absolute atomic E-state index is 14.3. The molecule has 1 atom stereocenters. The molecular weight excluding hydrogens is 423 g/mol. The fourth-order valence-corrected chi connectivity index (χ4v) is 4.34. The highest BCUT2D eigenvalue weighted by Crippen LogP contribution is 2.32. The fraction of sp³-hybridized carbons (Fsp3) is 0.476. The Morgan fingerprint density at radius 3 is 2.47 bits per heavy atom. The molecule has 1 aliphatic heterocycles. The van der Waals surface area contributed by atoms with E-state index < -0.39 is 23.1 Å². The molecule has 3 heterocycles. The predicted octanol–water partition coefficient (Wildman–Crippen LogP) is 3.63. The fourth-order valence-electron chi connectivity index (χ4n) is 4.34. The standard InChI is InChI=1S/C21H24F3N7O/c22-11-7-15(23)18(16(24)8-11)29-21-28-17-9-26-20(27-13-3-1-12(25)2-4-13)30-19(17)31(21)14-5-6-32-10-14/h7-9,12-14H,1-6,10,25H2,(H,28,29)(H,26,27,30)/t12?,13?,14-/m1/s1. The smallest absolute Gasteiger partial charge is 0.224 e. The van der Waals surface area contributed by atoms with Crippen LogP contribution < -0.4 is 16.4 Å². The average molecular weight is 447 g/mol. The van der Waals surface area contributed by atoms with E-state index in [1.165, 1.54) is 0 Å². The lowest BCUT2D eigenvalue weighted by atomic mass is 9.92. The van der Waals surface area contributed by atoms with Crippen LogP contribution in [0.15, 0.2) is 18.3 Å². The third-order valence-corrected chi connectivity index (χ3v) is 6.05. The maximum atomic E-state index is 14.3. The lowest BCUT2D eigenvalue weighted by molar-refractivity contribution is 0.187. The molecule has 2 aliphatic rings. The van der Waals surface area contributed by atoms with E-state index in [0.717, 1.165) is 25.7 Å². The van der Waals surface area contributed by atoms with Crippen molar-refractivity contribution in [2.75, 3.05) is 23.8 Å². The zero-order valence-electron chi connectivity index (χ0n) is 17.3. The number of hydrogen-bond acceptors (Lipinski definition) is 7. The van der Waals surface area contributed by atoms with Gasteiger partial charge in [0.2, 0.25) is 11.9 Å². The largest absolute Gasteiger partial charge is 0.379 e. The molecule has 2 fully saturated rings. The minimum Gasteiger partial charge on any atom is -0.379 e. The summed E-state index contributed by atoms with van der Waals surface area (Å²) in [6, 6.07) is 1.59. The third-order valence-electron chi connectivity index (χ3n) is 6.05. The van der Waals surface area contributed by atoms with Crippen LogP contribution in [0.3, 0.4) is 0 Å². The lowest BCUT2D eigenvalue weighted by Gasteiger charge is -2.26. The van der Waals surface area contributed by atoms with E-state index >= 15 is 0 Å². The van der Waals surface area contributed by atoms with Gasteiger partial charge in [0.25, 0.3) is 0 Å². The Morgan fingerprint density at radius 1 is 1.03 bits per heavy atom. The van der Waals surface area contributed by atoms with Gasteiger partial charge in [0.05, 0.1) is 18.8 Å². The molecule has 0 bridgehead atoms. The summed E-state index contributed by atoms with van der Waals surface area (Å²) in [4.78, 5) is 13.5. The number of aromatic nitrogens is 4. The van der Waals surface area contributed by atoms with Crippen molar-refractivity contribution in [2.45, 2.75) is 50.2 Å². The summed E-state index contributed by atoms with van der Waals surface area (Å²) in [7, 11) is 0. The second-order valence-corrected chi connectivity index (χ2v) is 8.35. The number of nitrogens with one attached hydrogen (secondary N) is 2. The van der Waals surface area contributed by atoms with Gasteiger partial charge in [-0.2, -0.15) is 4.98 Å². The third kappa shape index (κ3) is 4.09. The topological polar surface area (TPSA) is 103 Å². The van der Waals surface area contributed by atoms with E-state index in [9.17, 15) is 13.2 Å². The van der Waals surface area contributed by atoms with E-state index in [0.29, 0.717) is 48.9 Å². The van der Waals surface area contributed by atoms with Crippen molar-refractivity contribution in [1.29, 1.82) is 0 Å². The molecule has 4 N–H and O–H groups in total. The summed E-state index contributed by atoms with van der Waals surface area (Å²) in [6.45, 7) is 0.976. The van der Waals surface area contributed by atoms with Crippen LogP contribution in [0.2, 0.25) is 0 Å². The molecule has 1 saturated heterocycles. The summed E-state index contributed by atoms with van der Waals surface area (Å²) in [5.41, 5.74) is 6.50. The molecule has 0 radical (unpaired) electrons. The molecule has 1 saturated carbocycles. The van der Waals surface area contributed by atoms with Gasteiger partial charge in [-0.1, -0.05) is 0 Å². The molecule has 1 aromatic carbocycles. The van der Waals surface area contributed by atoms with Gasteiger partial charge in [-0.15, -0.1) is 0 Å². The highest BCUT2D eigenvalue weighted by atomic mass is 19.1. The van der Waals surface area contributed by atoms with E-state index in [-0.39, 0.29) is 24.1 Å². The molecule has 5 rings (SSSR count). The second-order valence-electron chi connectivity index (χ2n) is 8.35. The molecule has 170 valence electrons. The molecule has 3 aromatic rings. The van der Waals surface area contributed by atoms with Gasteiger partial charge < -0.3 is 21.1 Å². The van der Waals surface area contributed by atoms with Gasteiger partial charge in [-0.3, -0.25) is 4.57 Å². The Kier molecular flexibility index (Phi) is 5.60. The minimum atomic E-state index is -1.05. The number of imidazole rings is 1. The van der Waals surface area contributed by atoms with E-state index in [4.69, 9.17) is 10.5 Å². The molecule has 8 nitrogen and oxygen atoms in total. The number of fused-ring (bicyclic) bond motifs is 1. The van der Waals surface area contributed by atoms with Crippen LogP contribution >= 0.6 is 0 Å². The first-order valence-electron chi connectivity index (χ1n) is 10.7. The SMILES string of the molecule is NC1CCC(Nc2ncc3nc(Nc4c(F)cc(F)cc4F)n([C@@H]4CCOC4)c3n2)CC1. The van der Waals surface area contributed by atoms with Gasteiger partial charge in [0.15, 0.2) is 17.3 Å². The summed E-state index contributed by atoms with van der Waals surface area (Å²) in [5.74, 6) is -2.44. The Bertz CT molecular complexity index is 1100. The van der Waals surface area contributed by atoms with Crippen molar-refractivity contribution in [2.24, 2.45) is 5.73 Å². The summed E-state index contributed by atoms with van der Waals surface area (Å²) in [6.07, 6.45) is 6.04. The van der Waals surface area contributed by atoms with Crippen LogP contribution in [-0.2, 0) is 4.74 Å². The zero-order valence-corrected chi connectivity index (χ0v) is 17.3. The van der Waals surface area contributed by atoms with Crippen molar-refractivity contribution in [3.8, 4) is 0 Å². The number of ether oxygens (including phenoxy) is 1. The highest BCUT2D eigenvalue weighted by Gasteiger charge is 2.27. The maximum Gasteiger partial charge on any atom is 0.224 e. The van der Waals surface area contributed by atoms with Gasteiger partial charge in [0.1, 0.15) is 17.0 Å². The van der Waals surface area contributed by atoms with Gasteiger partial charge in [-0.05, 0) is 32.1 Å². The normalized spacial score (nSPS) is 23.6. The number of benzene rings is 1. The van der Waals surface area contributed by atoms with Crippen molar-refractivity contribution < 1.29 is 17.9 Å². The Balaban J connectivity index is 1.51. The van der Waals surface area contributed by atoms with Crippen LogP contribution in [0.4, 0.5) is 30.8 Å². The monoisotopic (exact) mass is 447 g/mol. The Hall–Kier alpha value is -2.92. The lowest BCUT2D eigenvalue weighted by Crippen LogP contribution is -2.33. The van der Waals surface area contributed by atoms with Crippen molar-refractivity contribution in [3.63, 3.8) is 0 Å². The summed E-state index contributed by atoms with van der Waals surface area (Å²) >= 11 is 0. The molecule has 11 heteroatoms. The molecular formula is C21H24F3N7O. The van der Waals surface area contributed by atoms with Crippen LogP contribution in [0.5, 0.6) is 0 Å². The van der Waals surface area contributed by atoms with Crippen molar-refractivity contribution in [1.82, 2.24) is 19.5 Å². The van der Waals surface area contributed by atoms with Gasteiger partial charge in [0, 0.05) is 30.8 Å². The Labute approximate surface area is 182 Å². The van der Waals surface area contributed by atoms with E-state index in [1.807, 2.05) is 0 Å². The Morgan fingerprint density at radius 2 is 1.78 bits per heavy atom. The molecule has 1 aliphatic carbocycles. The minimum absolute atomic E-state index is 0.121. The molecule has 32 heavy (non-hydrogen) atoms.